The van der Waals surface area contributed by atoms with Gasteiger partial charge < -0.3 is 15.0 Å². The number of nitrogens with zero attached hydrogens (tertiary/aromatic N) is 2. The SMILES string of the molecule is O=C(NCC1Cc2ccccc2O1)C1CCCN1c1nccs1. The number of rotatable bonds is 4. The molecule has 0 radical (unpaired) electrons. The number of anilines is 1. The number of carbonyl (C=O) groups is 1. The molecule has 0 saturated carbocycles. The number of nitrogens with one attached hydrogen (secondary N) is 1. The summed E-state index contributed by atoms with van der Waals surface area (Å²) in [5.74, 6) is 1.02. The lowest BCUT2D eigenvalue weighted by molar-refractivity contribution is -0.122. The Bertz CT molecular complexity index is 664. The zero-order chi connectivity index (χ0) is 15.6. The molecule has 5 nitrogen and oxygen atoms in total. The number of hydrogen-bond acceptors (Lipinski definition) is 5. The average molecular weight is 329 g/mol. The summed E-state index contributed by atoms with van der Waals surface area (Å²) in [4.78, 5) is 19.0. The highest BCUT2D eigenvalue weighted by molar-refractivity contribution is 7.13. The molecule has 23 heavy (non-hydrogen) atoms. The average Bonchev–Trinajstić information content (AvgIpc) is 3.31. The standard InChI is InChI=1S/C17H19N3O2S/c21-16(14-5-3-8-20(14)17-18-7-9-23-17)19-11-13-10-12-4-1-2-6-15(12)22-13/h1-2,4,6-7,9,13-14H,3,5,8,10-11H2,(H,19,21). The Hall–Kier alpha value is -2.08. The van der Waals surface area contributed by atoms with E-state index in [0.717, 1.165) is 36.7 Å². The van der Waals surface area contributed by atoms with Gasteiger partial charge in [0.2, 0.25) is 5.91 Å². The fraction of sp³-hybridized carbons (Fsp3) is 0.412. The van der Waals surface area contributed by atoms with E-state index >= 15 is 0 Å². The van der Waals surface area contributed by atoms with Crippen LogP contribution in [0.25, 0.3) is 0 Å². The number of carbonyl (C=O) groups excluding carboxylic acids is 1. The summed E-state index contributed by atoms with van der Waals surface area (Å²) < 4.78 is 5.88. The molecule has 3 heterocycles. The second-order valence-corrected chi connectivity index (χ2v) is 6.84. The topological polar surface area (TPSA) is 54.5 Å². The van der Waals surface area contributed by atoms with Gasteiger partial charge in [0.05, 0.1) is 6.54 Å². The Balaban J connectivity index is 1.34. The van der Waals surface area contributed by atoms with E-state index in [1.807, 2.05) is 23.6 Å². The number of para-hydroxylation sites is 1. The number of hydrogen-bond donors (Lipinski definition) is 1. The normalized spacial score (nSPS) is 22.7. The van der Waals surface area contributed by atoms with E-state index < -0.39 is 0 Å². The van der Waals surface area contributed by atoms with Crippen LogP contribution in [0.5, 0.6) is 5.75 Å². The van der Waals surface area contributed by atoms with Gasteiger partial charge in [0.1, 0.15) is 17.9 Å². The van der Waals surface area contributed by atoms with Gasteiger partial charge >= 0.3 is 0 Å². The maximum atomic E-state index is 12.5. The quantitative estimate of drug-likeness (QED) is 0.935. The van der Waals surface area contributed by atoms with Crippen molar-refractivity contribution in [3.63, 3.8) is 0 Å². The Morgan fingerprint density at radius 1 is 1.43 bits per heavy atom. The van der Waals surface area contributed by atoms with Crippen LogP contribution in [0.2, 0.25) is 0 Å². The van der Waals surface area contributed by atoms with Crippen molar-refractivity contribution in [3.8, 4) is 5.75 Å². The molecular weight excluding hydrogens is 310 g/mol. The van der Waals surface area contributed by atoms with Gasteiger partial charge in [-0.2, -0.15) is 0 Å². The third-order valence-electron chi connectivity index (χ3n) is 4.44. The summed E-state index contributed by atoms with van der Waals surface area (Å²) in [5.41, 5.74) is 1.22. The molecule has 120 valence electrons. The summed E-state index contributed by atoms with van der Waals surface area (Å²) in [6.45, 7) is 1.45. The summed E-state index contributed by atoms with van der Waals surface area (Å²) in [5, 5.41) is 5.95. The van der Waals surface area contributed by atoms with Crippen molar-refractivity contribution in [2.75, 3.05) is 18.0 Å². The van der Waals surface area contributed by atoms with Gasteiger partial charge in [-0.05, 0) is 24.5 Å². The van der Waals surface area contributed by atoms with Crippen molar-refractivity contribution >= 4 is 22.4 Å². The van der Waals surface area contributed by atoms with Gasteiger partial charge in [0, 0.05) is 24.5 Å². The van der Waals surface area contributed by atoms with Crippen molar-refractivity contribution in [2.24, 2.45) is 0 Å². The molecule has 2 aliphatic rings. The lowest BCUT2D eigenvalue weighted by Crippen LogP contribution is -2.46. The molecule has 1 saturated heterocycles. The zero-order valence-electron chi connectivity index (χ0n) is 12.8. The highest BCUT2D eigenvalue weighted by Gasteiger charge is 2.33. The van der Waals surface area contributed by atoms with Gasteiger partial charge in [-0.25, -0.2) is 4.98 Å². The second-order valence-electron chi connectivity index (χ2n) is 5.96. The van der Waals surface area contributed by atoms with E-state index in [9.17, 15) is 4.79 Å². The highest BCUT2D eigenvalue weighted by Crippen LogP contribution is 2.29. The Kier molecular flexibility index (Phi) is 3.91. The Labute approximate surface area is 139 Å². The van der Waals surface area contributed by atoms with Gasteiger partial charge in [0.15, 0.2) is 5.13 Å². The van der Waals surface area contributed by atoms with E-state index in [-0.39, 0.29) is 18.1 Å². The van der Waals surface area contributed by atoms with E-state index in [2.05, 4.69) is 21.3 Å². The van der Waals surface area contributed by atoms with Crippen molar-refractivity contribution < 1.29 is 9.53 Å². The van der Waals surface area contributed by atoms with E-state index in [1.54, 1.807) is 17.5 Å². The van der Waals surface area contributed by atoms with Crippen LogP contribution < -0.4 is 15.0 Å². The maximum absolute atomic E-state index is 12.5. The lowest BCUT2D eigenvalue weighted by atomic mass is 10.1. The van der Waals surface area contributed by atoms with Crippen LogP contribution in [0.15, 0.2) is 35.8 Å². The fourth-order valence-corrected chi connectivity index (χ4v) is 4.05. The summed E-state index contributed by atoms with van der Waals surface area (Å²) in [7, 11) is 0. The van der Waals surface area contributed by atoms with Gasteiger partial charge in [-0.3, -0.25) is 4.79 Å². The lowest BCUT2D eigenvalue weighted by Gasteiger charge is -2.23. The molecule has 1 aromatic carbocycles. The van der Waals surface area contributed by atoms with Crippen LogP contribution in [-0.4, -0.2) is 36.1 Å². The van der Waals surface area contributed by atoms with Crippen molar-refractivity contribution in [1.29, 1.82) is 0 Å². The predicted molar refractivity (Wildman–Crippen MR) is 90.1 cm³/mol. The third-order valence-corrected chi connectivity index (χ3v) is 5.25. The minimum atomic E-state index is -0.107. The molecule has 4 rings (SSSR count). The molecular formula is C17H19N3O2S. The Morgan fingerprint density at radius 3 is 3.17 bits per heavy atom. The van der Waals surface area contributed by atoms with Crippen LogP contribution in [-0.2, 0) is 11.2 Å². The molecule has 0 bridgehead atoms. The van der Waals surface area contributed by atoms with Crippen molar-refractivity contribution in [3.05, 3.63) is 41.4 Å². The zero-order valence-corrected chi connectivity index (χ0v) is 13.6. The molecule has 1 amide bonds. The summed E-state index contributed by atoms with van der Waals surface area (Å²) in [6, 6.07) is 7.96. The van der Waals surface area contributed by atoms with Crippen molar-refractivity contribution in [1.82, 2.24) is 10.3 Å². The molecule has 2 atom stereocenters. The van der Waals surface area contributed by atoms with Gasteiger partial charge in [-0.1, -0.05) is 18.2 Å². The molecule has 1 aromatic heterocycles. The molecule has 6 heteroatoms. The first kappa shape index (κ1) is 14.5. The minimum absolute atomic E-state index is 0.0334. The fourth-order valence-electron chi connectivity index (χ4n) is 3.33. The van der Waals surface area contributed by atoms with Crippen LogP contribution in [0.1, 0.15) is 18.4 Å². The molecule has 0 aliphatic carbocycles. The maximum Gasteiger partial charge on any atom is 0.242 e. The largest absolute Gasteiger partial charge is 0.488 e. The number of benzene rings is 1. The van der Waals surface area contributed by atoms with Crippen LogP contribution in [0, 0.1) is 0 Å². The van der Waals surface area contributed by atoms with E-state index in [0.29, 0.717) is 6.54 Å². The van der Waals surface area contributed by atoms with Crippen LogP contribution in [0.3, 0.4) is 0 Å². The summed E-state index contributed by atoms with van der Waals surface area (Å²) >= 11 is 1.59. The summed E-state index contributed by atoms with van der Waals surface area (Å²) in [6.07, 6.45) is 4.60. The van der Waals surface area contributed by atoms with Gasteiger partial charge in [-0.15, -0.1) is 11.3 Å². The van der Waals surface area contributed by atoms with E-state index in [4.69, 9.17) is 4.74 Å². The number of ether oxygens (including phenoxy) is 1. The van der Waals surface area contributed by atoms with E-state index in [1.165, 1.54) is 5.56 Å². The predicted octanol–water partition coefficient (Wildman–Crippen LogP) is 2.23. The first-order valence-corrected chi connectivity index (χ1v) is 8.87. The highest BCUT2D eigenvalue weighted by atomic mass is 32.1. The number of thiazole rings is 1. The van der Waals surface area contributed by atoms with Gasteiger partial charge in [0.25, 0.3) is 0 Å². The van der Waals surface area contributed by atoms with Crippen LogP contribution in [0.4, 0.5) is 5.13 Å². The second kappa shape index (κ2) is 6.20. The third kappa shape index (κ3) is 2.91. The molecule has 2 aliphatic heterocycles. The van der Waals surface area contributed by atoms with Crippen molar-refractivity contribution in [2.45, 2.75) is 31.4 Å². The smallest absolute Gasteiger partial charge is 0.242 e. The molecule has 1 N–H and O–H groups in total. The molecule has 0 spiro atoms. The number of aromatic nitrogens is 1. The number of amides is 1. The minimum Gasteiger partial charge on any atom is -0.488 e. The van der Waals surface area contributed by atoms with Crippen LogP contribution >= 0.6 is 11.3 Å². The monoisotopic (exact) mass is 329 g/mol. The molecule has 2 unspecified atom stereocenters. The Morgan fingerprint density at radius 2 is 2.35 bits per heavy atom. The first-order valence-electron chi connectivity index (χ1n) is 7.99. The molecule has 1 fully saturated rings. The molecule has 2 aromatic rings. The number of fused-ring (bicyclic) bond motifs is 1. The first-order chi connectivity index (χ1) is 11.3.